The zero-order chi connectivity index (χ0) is 18.5. The van der Waals surface area contributed by atoms with Crippen LogP contribution in [0.1, 0.15) is 35.7 Å². The first-order valence-corrected chi connectivity index (χ1v) is 10.2. The van der Waals surface area contributed by atoms with Gasteiger partial charge in [-0.25, -0.2) is 0 Å². The Kier molecular flexibility index (Phi) is 4.18. The highest BCUT2D eigenvalue weighted by Gasteiger charge is 2.40. The molecule has 1 aromatic heterocycles. The van der Waals surface area contributed by atoms with Crippen molar-refractivity contribution >= 4 is 22.5 Å². The number of halogens is 1. The third-order valence-electron chi connectivity index (χ3n) is 6.56. The van der Waals surface area contributed by atoms with Gasteiger partial charge in [-0.1, -0.05) is 23.7 Å². The first-order valence-electron chi connectivity index (χ1n) is 9.81. The maximum atomic E-state index is 6.04. The predicted molar refractivity (Wildman–Crippen MR) is 111 cm³/mol. The van der Waals surface area contributed by atoms with E-state index in [1.165, 1.54) is 40.6 Å². The molecular weight excluding hydrogens is 356 g/mol. The van der Waals surface area contributed by atoms with Gasteiger partial charge in [0.15, 0.2) is 0 Å². The van der Waals surface area contributed by atoms with Crippen molar-refractivity contribution in [2.75, 3.05) is 14.2 Å². The average molecular weight is 381 g/mol. The van der Waals surface area contributed by atoms with Gasteiger partial charge in [-0.3, -0.25) is 4.90 Å². The number of ether oxygens (including phenoxy) is 1. The van der Waals surface area contributed by atoms with Crippen LogP contribution < -0.4 is 4.74 Å². The molecule has 1 fully saturated rings. The smallest absolute Gasteiger partial charge is 0.119 e. The van der Waals surface area contributed by atoms with Crippen molar-refractivity contribution in [2.45, 2.75) is 44.3 Å². The van der Waals surface area contributed by atoms with Gasteiger partial charge in [0.2, 0.25) is 0 Å². The quantitative estimate of drug-likeness (QED) is 0.616. The molecule has 0 spiro atoms. The summed E-state index contributed by atoms with van der Waals surface area (Å²) in [5.41, 5.74) is 5.75. The van der Waals surface area contributed by atoms with Gasteiger partial charge in [0.1, 0.15) is 5.75 Å². The van der Waals surface area contributed by atoms with Crippen LogP contribution in [0.5, 0.6) is 5.75 Å². The Balaban J connectivity index is 1.59. The number of hydrogen-bond acceptors (Lipinski definition) is 2. The van der Waals surface area contributed by atoms with E-state index in [0.717, 1.165) is 30.2 Å². The molecule has 4 heteroatoms. The number of nitrogens with zero attached hydrogens (tertiary/aromatic N) is 2. The summed E-state index contributed by atoms with van der Waals surface area (Å²) in [6.07, 6.45) is 4.74. The van der Waals surface area contributed by atoms with Crippen LogP contribution in [0.15, 0.2) is 42.5 Å². The Hall–Kier alpha value is -1.97. The van der Waals surface area contributed by atoms with Crippen molar-refractivity contribution in [2.24, 2.45) is 0 Å². The second kappa shape index (κ2) is 6.57. The maximum Gasteiger partial charge on any atom is 0.119 e. The largest absolute Gasteiger partial charge is 0.497 e. The molecule has 2 aliphatic heterocycles. The minimum atomic E-state index is 0.546. The number of fused-ring (bicyclic) bond motifs is 6. The van der Waals surface area contributed by atoms with Crippen LogP contribution in [0.25, 0.3) is 10.9 Å². The van der Waals surface area contributed by atoms with Crippen molar-refractivity contribution in [3.63, 3.8) is 0 Å². The Labute approximate surface area is 165 Å². The van der Waals surface area contributed by atoms with E-state index >= 15 is 0 Å². The summed E-state index contributed by atoms with van der Waals surface area (Å²) in [7, 11) is 4.05. The van der Waals surface area contributed by atoms with Gasteiger partial charge in [0.05, 0.1) is 7.11 Å². The third-order valence-corrected chi connectivity index (χ3v) is 6.81. The van der Waals surface area contributed by atoms with Crippen molar-refractivity contribution < 1.29 is 4.74 Å². The minimum Gasteiger partial charge on any atom is -0.497 e. The van der Waals surface area contributed by atoms with Crippen LogP contribution in [0.4, 0.5) is 0 Å². The fraction of sp³-hybridized carbons (Fsp3) is 0.391. The van der Waals surface area contributed by atoms with Crippen LogP contribution in [0, 0.1) is 0 Å². The van der Waals surface area contributed by atoms with E-state index in [2.05, 4.69) is 46.8 Å². The van der Waals surface area contributed by atoms with Gasteiger partial charge in [-0.15, -0.1) is 0 Å². The van der Waals surface area contributed by atoms with Crippen LogP contribution in [-0.4, -0.2) is 29.7 Å². The van der Waals surface area contributed by atoms with Gasteiger partial charge >= 0.3 is 0 Å². The van der Waals surface area contributed by atoms with Crippen molar-refractivity contribution in [3.05, 3.63) is 64.3 Å². The molecule has 2 atom stereocenters. The lowest BCUT2D eigenvalue weighted by atomic mass is 9.97. The van der Waals surface area contributed by atoms with Gasteiger partial charge in [-0.2, -0.15) is 0 Å². The SMILES string of the molecule is COc1ccc2c(c1)c1c(n2CCc2ccc(Cl)cc2)CC2CCC1N2C. The van der Waals surface area contributed by atoms with Gasteiger partial charge < -0.3 is 9.30 Å². The number of hydrogen-bond donors (Lipinski definition) is 0. The maximum absolute atomic E-state index is 6.04. The van der Waals surface area contributed by atoms with E-state index in [1.54, 1.807) is 7.11 Å². The molecular formula is C23H25ClN2O. The Morgan fingerprint density at radius 2 is 1.93 bits per heavy atom. The Morgan fingerprint density at radius 3 is 2.70 bits per heavy atom. The predicted octanol–water partition coefficient (Wildman–Crippen LogP) is 5.24. The van der Waals surface area contributed by atoms with Crippen LogP contribution >= 0.6 is 11.6 Å². The lowest BCUT2D eigenvalue weighted by Crippen LogP contribution is -2.34. The van der Waals surface area contributed by atoms with Crippen molar-refractivity contribution in [3.8, 4) is 5.75 Å². The number of methoxy groups -OCH3 is 1. The monoisotopic (exact) mass is 380 g/mol. The first kappa shape index (κ1) is 17.2. The molecule has 2 aromatic carbocycles. The van der Waals surface area contributed by atoms with E-state index in [-0.39, 0.29) is 0 Å². The van der Waals surface area contributed by atoms with E-state index in [9.17, 15) is 0 Å². The number of aromatic nitrogens is 1. The topological polar surface area (TPSA) is 17.4 Å². The van der Waals surface area contributed by atoms with E-state index in [0.29, 0.717) is 12.1 Å². The Bertz CT molecular complexity index is 992. The van der Waals surface area contributed by atoms with E-state index < -0.39 is 0 Å². The molecule has 0 N–H and O–H groups in total. The molecule has 5 rings (SSSR count). The fourth-order valence-electron chi connectivity index (χ4n) is 5.11. The summed E-state index contributed by atoms with van der Waals surface area (Å²) < 4.78 is 8.10. The summed E-state index contributed by atoms with van der Waals surface area (Å²) >= 11 is 6.04. The van der Waals surface area contributed by atoms with Crippen molar-refractivity contribution in [1.29, 1.82) is 0 Å². The van der Waals surface area contributed by atoms with Gasteiger partial charge in [0, 0.05) is 46.7 Å². The number of benzene rings is 2. The second-order valence-electron chi connectivity index (χ2n) is 7.89. The molecule has 2 unspecified atom stereocenters. The average Bonchev–Trinajstić information content (AvgIpc) is 3.10. The molecule has 2 bridgehead atoms. The van der Waals surface area contributed by atoms with Crippen LogP contribution in [0.2, 0.25) is 5.02 Å². The molecule has 3 nitrogen and oxygen atoms in total. The summed E-state index contributed by atoms with van der Waals surface area (Å²) in [4.78, 5) is 2.59. The molecule has 0 saturated carbocycles. The molecule has 3 aromatic rings. The molecule has 3 heterocycles. The standard InChI is InChI=1S/C23H25ClN2O/c1-25-17-7-9-21(25)23-19-14-18(27-2)8-10-20(19)26(22(23)13-17)12-11-15-3-5-16(24)6-4-15/h3-6,8,10,14,17,21H,7,9,11-13H2,1-2H3. The second-order valence-corrected chi connectivity index (χ2v) is 8.32. The molecule has 1 saturated heterocycles. The van der Waals surface area contributed by atoms with Crippen molar-refractivity contribution in [1.82, 2.24) is 9.47 Å². The first-order chi connectivity index (χ1) is 13.2. The fourth-order valence-corrected chi connectivity index (χ4v) is 5.23. The lowest BCUT2D eigenvalue weighted by Gasteiger charge is -2.32. The molecule has 27 heavy (non-hydrogen) atoms. The molecule has 140 valence electrons. The summed E-state index contributed by atoms with van der Waals surface area (Å²) in [5.74, 6) is 0.947. The van der Waals surface area contributed by atoms with Crippen LogP contribution in [-0.2, 0) is 19.4 Å². The summed E-state index contributed by atoms with van der Waals surface area (Å²) in [6.45, 7) is 1.00. The lowest BCUT2D eigenvalue weighted by molar-refractivity contribution is 0.222. The molecule has 2 aliphatic rings. The number of rotatable bonds is 4. The number of likely N-dealkylation sites (N-methyl/N-ethyl adjacent to an activating group) is 1. The normalized spacial score (nSPS) is 21.6. The van der Waals surface area contributed by atoms with Gasteiger partial charge in [0.25, 0.3) is 0 Å². The van der Waals surface area contributed by atoms with Crippen LogP contribution in [0.3, 0.4) is 0 Å². The van der Waals surface area contributed by atoms with E-state index in [1.807, 2.05) is 12.1 Å². The molecule has 0 amide bonds. The highest BCUT2D eigenvalue weighted by molar-refractivity contribution is 6.30. The summed E-state index contributed by atoms with van der Waals surface area (Å²) in [5, 5.41) is 2.17. The van der Waals surface area contributed by atoms with E-state index in [4.69, 9.17) is 16.3 Å². The highest BCUT2D eigenvalue weighted by atomic mass is 35.5. The number of aryl methyl sites for hydroxylation is 2. The molecule has 0 radical (unpaired) electrons. The Morgan fingerprint density at radius 1 is 1.11 bits per heavy atom. The summed E-state index contributed by atoms with van der Waals surface area (Å²) in [6, 6.07) is 16.0. The zero-order valence-electron chi connectivity index (χ0n) is 15.9. The van der Waals surface area contributed by atoms with Gasteiger partial charge in [-0.05, 0) is 67.8 Å². The molecule has 0 aliphatic carbocycles. The zero-order valence-corrected chi connectivity index (χ0v) is 16.7. The minimum absolute atomic E-state index is 0.546. The highest BCUT2D eigenvalue weighted by Crippen LogP contribution is 2.47. The third kappa shape index (κ3) is 2.76.